The van der Waals surface area contributed by atoms with Gasteiger partial charge in [0.15, 0.2) is 6.10 Å². The lowest BCUT2D eigenvalue weighted by Crippen LogP contribution is -2.22. The first-order chi connectivity index (χ1) is 11.3. The summed E-state index contributed by atoms with van der Waals surface area (Å²) in [5, 5.41) is 9.54. The van der Waals surface area contributed by atoms with E-state index in [0.29, 0.717) is 5.56 Å². The van der Waals surface area contributed by atoms with Crippen molar-refractivity contribution in [1.82, 2.24) is 9.97 Å². The standard InChI is InChI=1S/C16H13F3N2O3/c1-2-8-24-15(23)14-20-9-11(13(22)16(17,18)19)12(21-14)10-6-4-3-5-7-10/h2-7,9,13,22H,1,8H2. The van der Waals surface area contributed by atoms with Crippen LogP contribution in [0.3, 0.4) is 0 Å². The molecule has 0 amide bonds. The highest BCUT2D eigenvalue weighted by Gasteiger charge is 2.41. The number of carbonyl (C=O) groups excluding carboxylic acids is 1. The minimum Gasteiger partial charge on any atom is -0.456 e. The van der Waals surface area contributed by atoms with Gasteiger partial charge >= 0.3 is 12.1 Å². The van der Waals surface area contributed by atoms with Gasteiger partial charge in [0.05, 0.1) is 5.69 Å². The lowest BCUT2D eigenvalue weighted by atomic mass is 10.0. The molecule has 0 aliphatic rings. The predicted molar refractivity (Wildman–Crippen MR) is 79.0 cm³/mol. The van der Waals surface area contributed by atoms with E-state index in [2.05, 4.69) is 16.5 Å². The summed E-state index contributed by atoms with van der Waals surface area (Å²) >= 11 is 0. The Labute approximate surface area is 135 Å². The zero-order valence-electron chi connectivity index (χ0n) is 12.3. The van der Waals surface area contributed by atoms with Crippen LogP contribution in [-0.4, -0.2) is 33.8 Å². The Bertz CT molecular complexity index is 733. The fraction of sp³-hybridized carbons (Fsp3) is 0.188. The van der Waals surface area contributed by atoms with Gasteiger partial charge in [-0.15, -0.1) is 0 Å². The molecule has 1 unspecified atom stereocenters. The lowest BCUT2D eigenvalue weighted by Gasteiger charge is -2.17. The van der Waals surface area contributed by atoms with Crippen molar-refractivity contribution >= 4 is 5.97 Å². The average Bonchev–Trinajstić information content (AvgIpc) is 2.58. The van der Waals surface area contributed by atoms with Crippen LogP contribution >= 0.6 is 0 Å². The highest BCUT2D eigenvalue weighted by Crippen LogP contribution is 2.36. The van der Waals surface area contributed by atoms with Gasteiger partial charge in [0.1, 0.15) is 6.61 Å². The number of esters is 1. The monoisotopic (exact) mass is 338 g/mol. The van der Waals surface area contributed by atoms with E-state index < -0.39 is 29.6 Å². The molecule has 8 heteroatoms. The van der Waals surface area contributed by atoms with Crippen LogP contribution < -0.4 is 0 Å². The zero-order chi connectivity index (χ0) is 17.7. The van der Waals surface area contributed by atoms with E-state index in [1.54, 1.807) is 18.2 Å². The van der Waals surface area contributed by atoms with E-state index >= 15 is 0 Å². The van der Waals surface area contributed by atoms with E-state index in [4.69, 9.17) is 4.74 Å². The SMILES string of the molecule is C=CCOC(=O)c1ncc(C(O)C(F)(F)F)c(-c2ccccc2)n1. The van der Waals surface area contributed by atoms with Gasteiger partial charge in [-0.05, 0) is 0 Å². The van der Waals surface area contributed by atoms with Crippen LogP contribution in [0.5, 0.6) is 0 Å². The summed E-state index contributed by atoms with van der Waals surface area (Å²) in [5.41, 5.74) is -0.439. The summed E-state index contributed by atoms with van der Waals surface area (Å²) in [6.07, 6.45) is -5.56. The fourth-order valence-electron chi connectivity index (χ4n) is 1.89. The minimum atomic E-state index is -4.89. The quantitative estimate of drug-likeness (QED) is 0.670. The van der Waals surface area contributed by atoms with Crippen LogP contribution in [0, 0.1) is 0 Å². The first-order valence-corrected chi connectivity index (χ1v) is 6.79. The molecule has 1 aromatic heterocycles. The molecule has 0 bridgehead atoms. The number of hydrogen-bond donors (Lipinski definition) is 1. The third-order valence-corrected chi connectivity index (χ3v) is 2.98. The molecule has 2 rings (SSSR count). The van der Waals surface area contributed by atoms with Gasteiger partial charge in [-0.1, -0.05) is 43.0 Å². The van der Waals surface area contributed by atoms with Crippen molar-refractivity contribution in [2.75, 3.05) is 6.61 Å². The molecule has 0 aliphatic carbocycles. The van der Waals surface area contributed by atoms with Crippen molar-refractivity contribution < 1.29 is 27.8 Å². The highest BCUT2D eigenvalue weighted by atomic mass is 19.4. The molecule has 1 aromatic carbocycles. The fourth-order valence-corrected chi connectivity index (χ4v) is 1.89. The molecule has 0 saturated carbocycles. The van der Waals surface area contributed by atoms with Gasteiger partial charge in [0.2, 0.25) is 5.82 Å². The summed E-state index contributed by atoms with van der Waals surface area (Å²) in [6.45, 7) is 3.29. The van der Waals surface area contributed by atoms with Crippen LogP contribution in [-0.2, 0) is 4.74 Å². The summed E-state index contributed by atoms with van der Waals surface area (Å²) < 4.78 is 43.3. The predicted octanol–water partition coefficient (Wildman–Crippen LogP) is 3.08. The second kappa shape index (κ2) is 7.22. The van der Waals surface area contributed by atoms with Crippen molar-refractivity contribution in [2.24, 2.45) is 0 Å². The van der Waals surface area contributed by atoms with Crippen molar-refractivity contribution in [3.05, 3.63) is 60.6 Å². The van der Waals surface area contributed by atoms with Crippen LogP contribution in [0.2, 0.25) is 0 Å². The summed E-state index contributed by atoms with van der Waals surface area (Å²) in [5.74, 6) is -1.31. The summed E-state index contributed by atoms with van der Waals surface area (Å²) in [4.78, 5) is 19.2. The van der Waals surface area contributed by atoms with E-state index in [1.165, 1.54) is 18.2 Å². The van der Waals surface area contributed by atoms with Crippen LogP contribution in [0.4, 0.5) is 13.2 Å². The largest absolute Gasteiger partial charge is 0.456 e. The van der Waals surface area contributed by atoms with Gasteiger partial charge in [-0.2, -0.15) is 13.2 Å². The second-order valence-corrected chi connectivity index (χ2v) is 4.69. The maximum Gasteiger partial charge on any atom is 0.418 e. The molecule has 0 saturated heterocycles. The van der Waals surface area contributed by atoms with Crippen LogP contribution in [0.25, 0.3) is 11.3 Å². The van der Waals surface area contributed by atoms with E-state index in [-0.39, 0.29) is 12.3 Å². The number of carbonyl (C=O) groups is 1. The number of aromatic nitrogens is 2. The first-order valence-electron chi connectivity index (χ1n) is 6.79. The number of aliphatic hydroxyl groups is 1. The molecule has 0 radical (unpaired) electrons. The Balaban J connectivity index is 2.52. The van der Waals surface area contributed by atoms with E-state index in [1.807, 2.05) is 0 Å². The van der Waals surface area contributed by atoms with Crippen molar-refractivity contribution in [3.8, 4) is 11.3 Å². The molecule has 1 heterocycles. The molecule has 2 aromatic rings. The number of benzene rings is 1. The van der Waals surface area contributed by atoms with Crippen molar-refractivity contribution in [2.45, 2.75) is 12.3 Å². The molecule has 126 valence electrons. The van der Waals surface area contributed by atoms with Gasteiger partial charge in [0, 0.05) is 17.3 Å². The van der Waals surface area contributed by atoms with Gasteiger partial charge in [-0.25, -0.2) is 14.8 Å². The summed E-state index contributed by atoms with van der Waals surface area (Å²) in [6, 6.07) is 7.87. The number of hydrogen-bond acceptors (Lipinski definition) is 5. The lowest BCUT2D eigenvalue weighted by molar-refractivity contribution is -0.206. The Kier molecular flexibility index (Phi) is 5.30. The Hall–Kier alpha value is -2.74. The molecule has 0 spiro atoms. The highest BCUT2D eigenvalue weighted by molar-refractivity contribution is 5.86. The number of aliphatic hydroxyl groups excluding tert-OH is 1. The normalized spacial score (nSPS) is 12.5. The van der Waals surface area contributed by atoms with Gasteiger partial charge < -0.3 is 9.84 Å². The Morgan fingerprint density at radius 1 is 1.33 bits per heavy atom. The van der Waals surface area contributed by atoms with E-state index in [9.17, 15) is 23.1 Å². The molecule has 0 aliphatic heterocycles. The molecule has 1 atom stereocenters. The molecular weight excluding hydrogens is 325 g/mol. The molecule has 1 N–H and O–H groups in total. The molecular formula is C16H13F3N2O3. The van der Waals surface area contributed by atoms with Crippen LogP contribution in [0.15, 0.2) is 49.2 Å². The number of alkyl halides is 3. The molecule has 0 fully saturated rings. The van der Waals surface area contributed by atoms with E-state index in [0.717, 1.165) is 6.20 Å². The number of rotatable bonds is 5. The van der Waals surface area contributed by atoms with Gasteiger partial charge in [-0.3, -0.25) is 0 Å². The number of ether oxygens (including phenoxy) is 1. The maximum absolute atomic E-state index is 12.8. The van der Waals surface area contributed by atoms with Crippen molar-refractivity contribution in [1.29, 1.82) is 0 Å². The maximum atomic E-state index is 12.8. The minimum absolute atomic E-state index is 0.0875. The topological polar surface area (TPSA) is 72.3 Å². The van der Waals surface area contributed by atoms with Crippen LogP contribution in [0.1, 0.15) is 22.3 Å². The third-order valence-electron chi connectivity index (χ3n) is 2.98. The summed E-state index contributed by atoms with van der Waals surface area (Å²) in [7, 11) is 0. The molecule has 5 nitrogen and oxygen atoms in total. The third kappa shape index (κ3) is 3.96. The first kappa shape index (κ1) is 17.6. The van der Waals surface area contributed by atoms with Crippen molar-refractivity contribution in [3.63, 3.8) is 0 Å². The Morgan fingerprint density at radius 2 is 2.00 bits per heavy atom. The van der Waals surface area contributed by atoms with Gasteiger partial charge in [0.25, 0.3) is 0 Å². The second-order valence-electron chi connectivity index (χ2n) is 4.69. The Morgan fingerprint density at radius 3 is 2.58 bits per heavy atom. The smallest absolute Gasteiger partial charge is 0.418 e. The average molecular weight is 338 g/mol. The number of nitrogens with zero attached hydrogens (tertiary/aromatic N) is 2. The zero-order valence-corrected chi connectivity index (χ0v) is 12.3. The molecule has 24 heavy (non-hydrogen) atoms. The number of halogens is 3.